The number of amides is 1. The van der Waals surface area contributed by atoms with Crippen LogP contribution < -0.4 is 0 Å². The highest BCUT2D eigenvalue weighted by Crippen LogP contribution is 2.45. The van der Waals surface area contributed by atoms with Crippen molar-refractivity contribution < 1.29 is 14.7 Å². The molecule has 1 spiro atoms. The molecule has 136 valence electrons. The van der Waals surface area contributed by atoms with E-state index in [1.807, 2.05) is 17.2 Å². The van der Waals surface area contributed by atoms with Crippen LogP contribution in [0.25, 0.3) is 0 Å². The molecule has 2 aliphatic heterocycles. The van der Waals surface area contributed by atoms with Crippen molar-refractivity contribution in [1.82, 2.24) is 14.8 Å². The fourth-order valence-corrected chi connectivity index (χ4v) is 5.00. The van der Waals surface area contributed by atoms with E-state index in [0.29, 0.717) is 18.9 Å². The number of carboxylic acid groups (broad SMARTS) is 1. The Morgan fingerprint density at radius 1 is 1.36 bits per heavy atom. The summed E-state index contributed by atoms with van der Waals surface area (Å²) in [7, 11) is 0. The standard InChI is InChI=1S/C18H25N3O3S/c1-12-19-14(10-25-12)9-21-11-18(8-15(21)17(23)24)4-6-20(7-5-18)16(22)13-2-3-13/h10,13,15H,2-9,11H2,1H3,(H,23,24). The van der Waals surface area contributed by atoms with E-state index in [-0.39, 0.29) is 11.3 Å². The second-order valence-electron chi connectivity index (χ2n) is 7.92. The van der Waals surface area contributed by atoms with Crippen LogP contribution in [0.1, 0.15) is 42.8 Å². The predicted octanol–water partition coefficient (Wildman–Crippen LogP) is 2.13. The molecular weight excluding hydrogens is 338 g/mol. The van der Waals surface area contributed by atoms with Crippen LogP contribution in [0.4, 0.5) is 0 Å². The molecule has 4 rings (SSSR count). The van der Waals surface area contributed by atoms with Gasteiger partial charge in [-0.15, -0.1) is 11.3 Å². The monoisotopic (exact) mass is 363 g/mol. The molecule has 3 heterocycles. The average Bonchev–Trinajstić information content (AvgIpc) is 3.27. The van der Waals surface area contributed by atoms with Gasteiger partial charge in [0.2, 0.25) is 5.91 Å². The smallest absolute Gasteiger partial charge is 0.320 e. The van der Waals surface area contributed by atoms with Gasteiger partial charge in [0.25, 0.3) is 0 Å². The first-order chi connectivity index (χ1) is 12.0. The van der Waals surface area contributed by atoms with E-state index in [1.54, 1.807) is 11.3 Å². The summed E-state index contributed by atoms with van der Waals surface area (Å²) in [6, 6.07) is -0.437. The highest BCUT2D eigenvalue weighted by atomic mass is 32.1. The molecule has 1 aromatic heterocycles. The second-order valence-corrected chi connectivity index (χ2v) is 8.98. The van der Waals surface area contributed by atoms with Gasteiger partial charge in [-0.05, 0) is 44.4 Å². The molecule has 1 amide bonds. The number of carbonyl (C=O) groups is 2. The molecule has 1 saturated carbocycles. The number of carboxylic acids is 1. The van der Waals surface area contributed by atoms with Gasteiger partial charge in [0, 0.05) is 37.5 Å². The van der Waals surface area contributed by atoms with Crippen LogP contribution in [-0.2, 0) is 16.1 Å². The van der Waals surface area contributed by atoms with E-state index in [9.17, 15) is 14.7 Å². The summed E-state index contributed by atoms with van der Waals surface area (Å²) in [5.41, 5.74) is 1.00. The van der Waals surface area contributed by atoms with Crippen molar-refractivity contribution in [1.29, 1.82) is 0 Å². The molecule has 1 aromatic rings. The Morgan fingerprint density at radius 2 is 2.08 bits per heavy atom. The maximum absolute atomic E-state index is 12.3. The summed E-state index contributed by atoms with van der Waals surface area (Å²) >= 11 is 1.61. The zero-order valence-corrected chi connectivity index (χ0v) is 15.4. The Labute approximate surface area is 151 Å². The van der Waals surface area contributed by atoms with E-state index >= 15 is 0 Å². The SMILES string of the molecule is Cc1nc(CN2CC3(CCN(C(=O)C4CC4)CC3)CC2C(=O)O)cs1. The molecule has 1 N–H and O–H groups in total. The quantitative estimate of drug-likeness (QED) is 0.887. The largest absolute Gasteiger partial charge is 0.480 e. The molecule has 0 bridgehead atoms. The molecule has 25 heavy (non-hydrogen) atoms. The van der Waals surface area contributed by atoms with Crippen LogP contribution in [0.5, 0.6) is 0 Å². The fourth-order valence-electron chi connectivity index (χ4n) is 4.40. The normalized spacial score (nSPS) is 26.3. The summed E-state index contributed by atoms with van der Waals surface area (Å²) in [6.45, 7) is 4.94. The molecule has 1 atom stereocenters. The minimum atomic E-state index is -0.736. The Hall–Kier alpha value is -1.47. The maximum Gasteiger partial charge on any atom is 0.320 e. The molecule has 6 nitrogen and oxygen atoms in total. The third-order valence-electron chi connectivity index (χ3n) is 5.98. The molecule has 3 aliphatic rings. The molecule has 0 radical (unpaired) electrons. The van der Waals surface area contributed by atoms with Crippen molar-refractivity contribution in [2.75, 3.05) is 19.6 Å². The lowest BCUT2D eigenvalue weighted by molar-refractivity contribution is -0.142. The summed E-state index contributed by atoms with van der Waals surface area (Å²) in [5, 5.41) is 12.7. The van der Waals surface area contributed by atoms with Crippen molar-refractivity contribution in [2.45, 2.75) is 51.6 Å². The van der Waals surface area contributed by atoms with Crippen molar-refractivity contribution in [3.05, 3.63) is 16.1 Å². The Kier molecular flexibility index (Phi) is 4.32. The van der Waals surface area contributed by atoms with Gasteiger partial charge in [-0.1, -0.05) is 0 Å². The van der Waals surface area contributed by atoms with Crippen molar-refractivity contribution in [3.63, 3.8) is 0 Å². The number of rotatable bonds is 4. The van der Waals surface area contributed by atoms with Crippen LogP contribution in [0.2, 0.25) is 0 Å². The number of piperidine rings is 1. The third kappa shape index (κ3) is 3.44. The van der Waals surface area contributed by atoms with Crippen LogP contribution in [0.15, 0.2) is 5.38 Å². The minimum absolute atomic E-state index is 0.0362. The average molecular weight is 363 g/mol. The summed E-state index contributed by atoms with van der Waals surface area (Å²) in [6.07, 6.45) is 4.62. The highest BCUT2D eigenvalue weighted by molar-refractivity contribution is 7.09. The van der Waals surface area contributed by atoms with E-state index in [2.05, 4.69) is 9.88 Å². The van der Waals surface area contributed by atoms with E-state index < -0.39 is 12.0 Å². The number of aliphatic carboxylic acids is 1. The second kappa shape index (κ2) is 6.36. The first-order valence-electron chi connectivity index (χ1n) is 9.12. The molecule has 3 fully saturated rings. The fraction of sp³-hybridized carbons (Fsp3) is 0.722. The number of aromatic nitrogens is 1. The number of nitrogens with zero attached hydrogens (tertiary/aromatic N) is 3. The van der Waals surface area contributed by atoms with Gasteiger partial charge in [-0.25, -0.2) is 4.98 Å². The van der Waals surface area contributed by atoms with Crippen molar-refractivity contribution in [2.24, 2.45) is 11.3 Å². The van der Waals surface area contributed by atoms with Crippen LogP contribution in [-0.4, -0.2) is 57.4 Å². The lowest BCUT2D eigenvalue weighted by atomic mass is 9.76. The first-order valence-corrected chi connectivity index (χ1v) is 10.0. The molecule has 7 heteroatoms. The number of thiazole rings is 1. The van der Waals surface area contributed by atoms with Gasteiger partial charge in [0.15, 0.2) is 0 Å². The zero-order valence-electron chi connectivity index (χ0n) is 14.6. The van der Waals surface area contributed by atoms with E-state index in [4.69, 9.17) is 0 Å². The van der Waals surface area contributed by atoms with Crippen molar-refractivity contribution in [3.8, 4) is 0 Å². The van der Waals surface area contributed by atoms with Crippen LogP contribution >= 0.6 is 11.3 Å². The highest BCUT2D eigenvalue weighted by Gasteiger charge is 2.49. The molecule has 2 saturated heterocycles. The van der Waals surface area contributed by atoms with E-state index in [1.165, 1.54) is 0 Å². The summed E-state index contributed by atoms with van der Waals surface area (Å²) < 4.78 is 0. The summed E-state index contributed by atoms with van der Waals surface area (Å²) in [5.74, 6) is -0.147. The number of hydrogen-bond acceptors (Lipinski definition) is 5. The van der Waals surface area contributed by atoms with Gasteiger partial charge in [-0.3, -0.25) is 14.5 Å². The molecular formula is C18H25N3O3S. The van der Waals surface area contributed by atoms with E-state index in [0.717, 1.165) is 56.0 Å². The van der Waals surface area contributed by atoms with Crippen LogP contribution in [0, 0.1) is 18.3 Å². The first kappa shape index (κ1) is 17.0. The van der Waals surface area contributed by atoms with Gasteiger partial charge in [0.1, 0.15) is 6.04 Å². The van der Waals surface area contributed by atoms with Gasteiger partial charge in [-0.2, -0.15) is 0 Å². The van der Waals surface area contributed by atoms with Crippen molar-refractivity contribution >= 4 is 23.2 Å². The molecule has 1 unspecified atom stereocenters. The minimum Gasteiger partial charge on any atom is -0.480 e. The number of likely N-dealkylation sites (tertiary alicyclic amines) is 2. The Morgan fingerprint density at radius 3 is 2.64 bits per heavy atom. The maximum atomic E-state index is 12.3. The summed E-state index contributed by atoms with van der Waals surface area (Å²) in [4.78, 5) is 32.6. The van der Waals surface area contributed by atoms with Gasteiger partial charge < -0.3 is 10.0 Å². The lowest BCUT2D eigenvalue weighted by Gasteiger charge is -2.39. The van der Waals surface area contributed by atoms with Gasteiger partial charge >= 0.3 is 5.97 Å². The predicted molar refractivity (Wildman–Crippen MR) is 94.3 cm³/mol. The number of aryl methyl sites for hydroxylation is 1. The Balaban J connectivity index is 1.42. The van der Waals surface area contributed by atoms with Crippen LogP contribution in [0.3, 0.4) is 0 Å². The zero-order chi connectivity index (χ0) is 17.6. The molecule has 1 aliphatic carbocycles. The number of hydrogen-bond donors (Lipinski definition) is 1. The number of carbonyl (C=O) groups excluding carboxylic acids is 1. The topological polar surface area (TPSA) is 73.7 Å². The third-order valence-corrected chi connectivity index (χ3v) is 6.81. The van der Waals surface area contributed by atoms with Gasteiger partial charge in [0.05, 0.1) is 10.7 Å². The lowest BCUT2D eigenvalue weighted by Crippen LogP contribution is -2.44. The Bertz CT molecular complexity index is 677. The molecule has 0 aromatic carbocycles.